The molecule has 0 fully saturated rings. The highest BCUT2D eigenvalue weighted by atomic mass is 14.4. The molecule has 0 saturated carbocycles. The molecule has 6 rings (SSSR count). The topological polar surface area (TPSA) is 0 Å². The van der Waals surface area contributed by atoms with Crippen LogP contribution >= 0.6 is 0 Å². The third-order valence-electron chi connectivity index (χ3n) is 8.30. The van der Waals surface area contributed by atoms with Crippen LogP contribution in [0, 0.1) is 17.8 Å². The van der Waals surface area contributed by atoms with E-state index < -0.39 is 0 Å². The fraction of sp³-hybridized carbons (Fsp3) is 0.158. The summed E-state index contributed by atoms with van der Waals surface area (Å²) in [5.74, 6) is 1.22. The van der Waals surface area contributed by atoms with E-state index >= 15 is 0 Å². The molecule has 0 aromatic heterocycles. The van der Waals surface area contributed by atoms with Gasteiger partial charge in [-0.1, -0.05) is 140 Å². The van der Waals surface area contributed by atoms with Crippen LogP contribution in [0.1, 0.15) is 30.9 Å². The molecule has 4 aliphatic carbocycles. The van der Waals surface area contributed by atoms with Gasteiger partial charge in [-0.25, -0.2) is 0 Å². The Labute approximate surface area is 226 Å². The summed E-state index contributed by atoms with van der Waals surface area (Å²) in [5.41, 5.74) is 9.27. The molecule has 2 aromatic carbocycles. The number of hydrogen-bond acceptors (Lipinski definition) is 0. The molecule has 0 aliphatic heterocycles. The number of rotatable bonds is 5. The Morgan fingerprint density at radius 1 is 0.684 bits per heavy atom. The van der Waals surface area contributed by atoms with Gasteiger partial charge >= 0.3 is 0 Å². The summed E-state index contributed by atoms with van der Waals surface area (Å²) in [5, 5.41) is 2.64. The summed E-state index contributed by atoms with van der Waals surface area (Å²) in [4.78, 5) is 0. The van der Waals surface area contributed by atoms with Crippen LogP contribution in [0.15, 0.2) is 151 Å². The molecule has 0 radical (unpaired) electrons. The molecule has 186 valence electrons. The summed E-state index contributed by atoms with van der Waals surface area (Å²) < 4.78 is 0. The molecule has 0 N–H and O–H groups in total. The van der Waals surface area contributed by atoms with E-state index in [0.29, 0.717) is 11.8 Å². The van der Waals surface area contributed by atoms with E-state index in [4.69, 9.17) is 0 Å². The van der Waals surface area contributed by atoms with Gasteiger partial charge in [-0.15, -0.1) is 0 Å². The molecular formula is C38H34. The molecule has 4 aliphatic rings. The van der Waals surface area contributed by atoms with Gasteiger partial charge in [-0.2, -0.15) is 0 Å². The lowest BCUT2D eigenvalue weighted by atomic mass is 9.64. The van der Waals surface area contributed by atoms with Crippen LogP contribution in [0.5, 0.6) is 0 Å². The number of fused-ring (bicyclic) bond motifs is 5. The molecule has 4 unspecified atom stereocenters. The molecule has 0 spiro atoms. The second-order valence-electron chi connectivity index (χ2n) is 10.4. The third-order valence-corrected chi connectivity index (χ3v) is 8.30. The first-order chi connectivity index (χ1) is 18.7. The Morgan fingerprint density at radius 2 is 1.34 bits per heavy atom. The highest BCUT2D eigenvalue weighted by molar-refractivity contribution is 5.86. The molecule has 4 atom stereocenters. The van der Waals surface area contributed by atoms with Crippen molar-refractivity contribution in [2.45, 2.75) is 19.8 Å². The van der Waals surface area contributed by atoms with Crippen LogP contribution in [0.2, 0.25) is 0 Å². The first-order valence-corrected chi connectivity index (χ1v) is 13.7. The standard InChI is InChI=1S/C38H34/c1-4-14-27(5-2)24-23-26(3)37-32-19-10-12-21-34(32)38(35-22-13-11-20-33(35)37)36-25-28-15-6-7-16-29(28)30-17-8-9-18-31(30)36/h4-25,30-32,34H,3H2,1-2H3/b14-4-,24-23-,27-5+. The molecule has 0 saturated heterocycles. The fourth-order valence-electron chi connectivity index (χ4n) is 6.60. The molecule has 0 bridgehead atoms. The predicted molar refractivity (Wildman–Crippen MR) is 164 cm³/mol. The summed E-state index contributed by atoms with van der Waals surface area (Å²) in [6.45, 7) is 8.72. The van der Waals surface area contributed by atoms with Gasteiger partial charge in [-0.3, -0.25) is 0 Å². The zero-order valence-corrected chi connectivity index (χ0v) is 22.2. The maximum Gasteiger partial charge on any atom is 0.0137 e. The van der Waals surface area contributed by atoms with Crippen molar-refractivity contribution in [2.75, 3.05) is 0 Å². The second-order valence-corrected chi connectivity index (χ2v) is 10.4. The van der Waals surface area contributed by atoms with Gasteiger partial charge in [0.1, 0.15) is 0 Å². The minimum Gasteiger partial charge on any atom is -0.0914 e. The van der Waals surface area contributed by atoms with E-state index in [1.165, 1.54) is 43.9 Å². The monoisotopic (exact) mass is 490 g/mol. The number of benzene rings is 2. The van der Waals surface area contributed by atoms with Gasteiger partial charge in [0.15, 0.2) is 0 Å². The highest BCUT2D eigenvalue weighted by Gasteiger charge is 2.37. The maximum atomic E-state index is 4.59. The fourth-order valence-corrected chi connectivity index (χ4v) is 6.60. The molecule has 2 aromatic rings. The van der Waals surface area contributed by atoms with Gasteiger partial charge in [0.25, 0.3) is 0 Å². The van der Waals surface area contributed by atoms with Crippen LogP contribution in [0.25, 0.3) is 17.2 Å². The number of allylic oxidation sites excluding steroid dienone is 16. The van der Waals surface area contributed by atoms with Crippen LogP contribution in [0.3, 0.4) is 0 Å². The van der Waals surface area contributed by atoms with Crippen molar-refractivity contribution in [2.24, 2.45) is 17.8 Å². The van der Waals surface area contributed by atoms with Crippen LogP contribution in [0.4, 0.5) is 0 Å². The van der Waals surface area contributed by atoms with Crippen molar-refractivity contribution in [1.82, 2.24) is 0 Å². The predicted octanol–water partition coefficient (Wildman–Crippen LogP) is 7.92. The molecule has 0 nitrogen and oxygen atoms in total. The SMILES string of the molecule is C=C(\C=C/C(/C=C\C)=C/C)C1=c2ccccc2=C(C2=Cc3ccccc3C3C=CC=CC23)C2C=CC=CC12. The molecule has 0 heterocycles. The van der Waals surface area contributed by atoms with E-state index in [0.717, 1.165) is 5.57 Å². The van der Waals surface area contributed by atoms with Crippen LogP contribution < -0.4 is 10.4 Å². The first-order valence-electron chi connectivity index (χ1n) is 13.7. The van der Waals surface area contributed by atoms with E-state index in [1.807, 2.05) is 0 Å². The van der Waals surface area contributed by atoms with Crippen LogP contribution in [-0.4, -0.2) is 0 Å². The van der Waals surface area contributed by atoms with Crippen molar-refractivity contribution in [3.05, 3.63) is 172 Å². The summed E-state index contributed by atoms with van der Waals surface area (Å²) in [7, 11) is 0. The van der Waals surface area contributed by atoms with Gasteiger partial charge in [-0.05, 0) is 63.3 Å². The van der Waals surface area contributed by atoms with E-state index in [2.05, 4.69) is 154 Å². The molecule has 0 heteroatoms. The second kappa shape index (κ2) is 10.3. The lowest BCUT2D eigenvalue weighted by Gasteiger charge is -2.39. The Hall–Kier alpha value is -4.16. The van der Waals surface area contributed by atoms with Crippen molar-refractivity contribution < 1.29 is 0 Å². The highest BCUT2D eigenvalue weighted by Crippen LogP contribution is 2.49. The normalized spacial score (nSPS) is 25.3. The largest absolute Gasteiger partial charge is 0.0914 e. The zero-order chi connectivity index (χ0) is 26.1. The third kappa shape index (κ3) is 4.11. The van der Waals surface area contributed by atoms with Gasteiger partial charge in [0.05, 0.1) is 0 Å². The smallest absolute Gasteiger partial charge is 0.0137 e. The van der Waals surface area contributed by atoms with Gasteiger partial charge in [0.2, 0.25) is 0 Å². The van der Waals surface area contributed by atoms with Gasteiger partial charge < -0.3 is 0 Å². The Kier molecular flexibility index (Phi) is 6.56. The minimum absolute atomic E-state index is 0.248. The van der Waals surface area contributed by atoms with Crippen molar-refractivity contribution in [3.63, 3.8) is 0 Å². The zero-order valence-electron chi connectivity index (χ0n) is 22.2. The lowest BCUT2D eigenvalue weighted by Crippen LogP contribution is -2.41. The van der Waals surface area contributed by atoms with E-state index in [-0.39, 0.29) is 11.8 Å². The average molecular weight is 491 g/mol. The van der Waals surface area contributed by atoms with Crippen LogP contribution in [-0.2, 0) is 0 Å². The molecular weight excluding hydrogens is 456 g/mol. The Bertz CT molecular complexity index is 1650. The summed E-state index contributed by atoms with van der Waals surface area (Å²) in [6.07, 6.45) is 31.6. The van der Waals surface area contributed by atoms with Gasteiger partial charge in [0, 0.05) is 23.7 Å². The van der Waals surface area contributed by atoms with Crippen molar-refractivity contribution >= 4 is 17.2 Å². The molecule has 0 amide bonds. The number of hydrogen-bond donors (Lipinski definition) is 0. The first kappa shape index (κ1) is 24.2. The summed E-state index contributed by atoms with van der Waals surface area (Å²) in [6, 6.07) is 17.9. The Balaban J connectivity index is 1.61. The molecule has 38 heavy (non-hydrogen) atoms. The summed E-state index contributed by atoms with van der Waals surface area (Å²) >= 11 is 0. The lowest BCUT2D eigenvalue weighted by molar-refractivity contribution is 0.632. The van der Waals surface area contributed by atoms with Crippen molar-refractivity contribution in [1.29, 1.82) is 0 Å². The van der Waals surface area contributed by atoms with E-state index in [1.54, 1.807) is 0 Å². The minimum atomic E-state index is 0.248. The quantitative estimate of drug-likeness (QED) is 0.374. The van der Waals surface area contributed by atoms with E-state index in [9.17, 15) is 0 Å². The van der Waals surface area contributed by atoms with Crippen molar-refractivity contribution in [3.8, 4) is 0 Å². The Morgan fingerprint density at radius 3 is 2.11 bits per heavy atom. The average Bonchev–Trinajstić information content (AvgIpc) is 2.97. The maximum absolute atomic E-state index is 4.59.